The van der Waals surface area contributed by atoms with Crippen LogP contribution in [0, 0.1) is 6.92 Å². The van der Waals surface area contributed by atoms with Gasteiger partial charge in [0.1, 0.15) is 10.3 Å². The monoisotopic (exact) mass is 240 g/mol. The van der Waals surface area contributed by atoms with Crippen LogP contribution in [0.4, 0.5) is 0 Å². The lowest BCUT2D eigenvalue weighted by atomic mass is 10.4. The topological polar surface area (TPSA) is 51.6 Å². The van der Waals surface area contributed by atoms with Crippen LogP contribution in [0.25, 0.3) is 11.6 Å². The zero-order valence-corrected chi connectivity index (χ0v) is 9.29. The van der Waals surface area contributed by atoms with Crippen molar-refractivity contribution in [3.05, 3.63) is 34.3 Å². The second kappa shape index (κ2) is 4.08. The van der Waals surface area contributed by atoms with Gasteiger partial charge in [-0.2, -0.15) is 0 Å². The van der Waals surface area contributed by atoms with Gasteiger partial charge >= 0.3 is 0 Å². The molecule has 15 heavy (non-hydrogen) atoms. The molecular formula is C9H6Cl2N4. The van der Waals surface area contributed by atoms with Crippen LogP contribution < -0.4 is 0 Å². The molecule has 0 unspecified atom stereocenters. The van der Waals surface area contributed by atoms with Gasteiger partial charge in [-0.15, -0.1) is 0 Å². The van der Waals surface area contributed by atoms with Crippen LogP contribution in [0.15, 0.2) is 18.5 Å². The van der Waals surface area contributed by atoms with Gasteiger partial charge < -0.3 is 0 Å². The molecule has 2 aromatic heterocycles. The van der Waals surface area contributed by atoms with Crippen LogP contribution in [0.1, 0.15) is 5.56 Å². The maximum absolute atomic E-state index is 5.88. The lowest BCUT2D eigenvalue weighted by Gasteiger charge is -2.02. The minimum absolute atomic E-state index is 0.317. The summed E-state index contributed by atoms with van der Waals surface area (Å²) in [7, 11) is 0. The summed E-state index contributed by atoms with van der Waals surface area (Å²) < 4.78 is 0. The summed E-state index contributed by atoms with van der Waals surface area (Å²) in [5.41, 5.74) is 0.651. The molecule has 0 aliphatic rings. The smallest absolute Gasteiger partial charge is 0.200 e. The summed E-state index contributed by atoms with van der Waals surface area (Å²) in [5.74, 6) is 0.734. The van der Waals surface area contributed by atoms with Gasteiger partial charge in [-0.25, -0.2) is 19.9 Å². The molecule has 0 N–H and O–H groups in total. The third kappa shape index (κ3) is 2.06. The van der Waals surface area contributed by atoms with Crippen LogP contribution in [-0.4, -0.2) is 19.9 Å². The fourth-order valence-corrected chi connectivity index (χ4v) is 1.37. The minimum atomic E-state index is 0.317. The average Bonchev–Trinajstić information content (AvgIpc) is 2.26. The van der Waals surface area contributed by atoms with Gasteiger partial charge in [0.2, 0.25) is 5.82 Å². The molecule has 0 bridgehead atoms. The van der Waals surface area contributed by atoms with Gasteiger partial charge in [-0.05, 0) is 13.0 Å². The predicted octanol–water partition coefficient (Wildman–Crippen LogP) is 2.55. The van der Waals surface area contributed by atoms with Gasteiger partial charge in [0.15, 0.2) is 5.82 Å². The highest BCUT2D eigenvalue weighted by molar-refractivity contribution is 6.34. The van der Waals surface area contributed by atoms with E-state index in [1.165, 1.54) is 0 Å². The van der Waals surface area contributed by atoms with E-state index in [1.54, 1.807) is 25.4 Å². The van der Waals surface area contributed by atoms with Crippen molar-refractivity contribution < 1.29 is 0 Å². The molecule has 6 heteroatoms. The maximum atomic E-state index is 5.88. The molecule has 76 valence electrons. The van der Waals surface area contributed by atoms with Crippen molar-refractivity contribution in [2.45, 2.75) is 6.92 Å². The van der Waals surface area contributed by atoms with E-state index in [-0.39, 0.29) is 0 Å². The number of nitrogens with zero attached hydrogens (tertiary/aromatic N) is 4. The third-order valence-electron chi connectivity index (χ3n) is 1.79. The lowest BCUT2D eigenvalue weighted by molar-refractivity contribution is 1.06. The minimum Gasteiger partial charge on any atom is -0.234 e. The summed E-state index contributed by atoms with van der Waals surface area (Å²) in [4.78, 5) is 16.1. The van der Waals surface area contributed by atoms with Crippen molar-refractivity contribution in [3.63, 3.8) is 0 Å². The Bertz CT molecular complexity index is 464. The van der Waals surface area contributed by atoms with Crippen molar-refractivity contribution in [1.29, 1.82) is 0 Å². The number of hydrogen-bond donors (Lipinski definition) is 0. The molecule has 0 fully saturated rings. The van der Waals surface area contributed by atoms with Crippen LogP contribution in [-0.2, 0) is 0 Å². The van der Waals surface area contributed by atoms with Gasteiger partial charge in [-0.1, -0.05) is 23.2 Å². The van der Waals surface area contributed by atoms with Crippen LogP contribution in [0.5, 0.6) is 0 Å². The van der Waals surface area contributed by atoms with Crippen LogP contribution >= 0.6 is 23.2 Å². The van der Waals surface area contributed by atoms with Gasteiger partial charge in [0.05, 0.1) is 0 Å². The van der Waals surface area contributed by atoms with E-state index < -0.39 is 0 Å². The normalized spacial score (nSPS) is 10.3. The molecule has 0 aromatic carbocycles. The van der Waals surface area contributed by atoms with Crippen molar-refractivity contribution in [2.24, 2.45) is 0 Å². The Morgan fingerprint density at radius 3 is 2.00 bits per heavy atom. The van der Waals surface area contributed by atoms with E-state index in [0.717, 1.165) is 0 Å². The zero-order chi connectivity index (χ0) is 10.8. The first-order chi connectivity index (χ1) is 7.18. The quantitative estimate of drug-likeness (QED) is 0.720. The van der Waals surface area contributed by atoms with Crippen molar-refractivity contribution in [1.82, 2.24) is 19.9 Å². The first-order valence-electron chi connectivity index (χ1n) is 4.15. The Labute approximate surface area is 96.3 Å². The van der Waals surface area contributed by atoms with E-state index in [9.17, 15) is 0 Å². The highest BCUT2D eigenvalue weighted by atomic mass is 35.5. The molecule has 2 rings (SSSR count). The Kier molecular flexibility index (Phi) is 2.79. The molecule has 2 heterocycles. The molecule has 0 radical (unpaired) electrons. The zero-order valence-electron chi connectivity index (χ0n) is 7.78. The molecule has 0 atom stereocenters. The lowest BCUT2D eigenvalue weighted by Crippen LogP contribution is -1.97. The summed E-state index contributed by atoms with van der Waals surface area (Å²) in [6.07, 6.45) is 3.21. The molecule has 4 nitrogen and oxygen atoms in total. The van der Waals surface area contributed by atoms with Crippen LogP contribution in [0.2, 0.25) is 10.3 Å². The second-order valence-corrected chi connectivity index (χ2v) is 3.54. The number of hydrogen-bond acceptors (Lipinski definition) is 4. The number of rotatable bonds is 1. The maximum Gasteiger partial charge on any atom is 0.200 e. The number of halogens is 2. The van der Waals surface area contributed by atoms with E-state index in [0.29, 0.717) is 27.5 Å². The van der Waals surface area contributed by atoms with E-state index in [2.05, 4.69) is 19.9 Å². The van der Waals surface area contributed by atoms with E-state index in [1.807, 2.05) is 0 Å². The molecule has 0 aliphatic heterocycles. The summed E-state index contributed by atoms with van der Waals surface area (Å²) >= 11 is 11.8. The molecule has 0 amide bonds. The molecule has 2 aromatic rings. The standard InChI is InChI=1S/C9H6Cl2N4/c1-5-6(10)14-9(15-7(5)11)8-12-3-2-4-13-8/h2-4H,1H3. The second-order valence-electron chi connectivity index (χ2n) is 2.83. The largest absolute Gasteiger partial charge is 0.234 e. The summed E-state index contributed by atoms with van der Waals surface area (Å²) in [5, 5.41) is 0.634. The average molecular weight is 241 g/mol. The number of aromatic nitrogens is 4. The first-order valence-corrected chi connectivity index (χ1v) is 4.91. The van der Waals surface area contributed by atoms with Crippen molar-refractivity contribution in [2.75, 3.05) is 0 Å². The SMILES string of the molecule is Cc1c(Cl)nc(-c2ncccn2)nc1Cl. The molecular weight excluding hydrogens is 235 g/mol. The van der Waals surface area contributed by atoms with Crippen LogP contribution in [0.3, 0.4) is 0 Å². The summed E-state index contributed by atoms with van der Waals surface area (Å²) in [6.45, 7) is 1.75. The Balaban J connectivity index is 2.56. The third-order valence-corrected chi connectivity index (χ3v) is 2.53. The fraction of sp³-hybridized carbons (Fsp3) is 0.111. The summed E-state index contributed by atoms with van der Waals surface area (Å²) in [6, 6.07) is 1.71. The van der Waals surface area contributed by atoms with Crippen molar-refractivity contribution in [3.8, 4) is 11.6 Å². The van der Waals surface area contributed by atoms with E-state index in [4.69, 9.17) is 23.2 Å². The molecule has 0 spiro atoms. The van der Waals surface area contributed by atoms with Gasteiger partial charge in [0.25, 0.3) is 0 Å². The first kappa shape index (κ1) is 10.3. The van der Waals surface area contributed by atoms with Gasteiger partial charge in [-0.3, -0.25) is 0 Å². The Morgan fingerprint density at radius 1 is 0.933 bits per heavy atom. The van der Waals surface area contributed by atoms with E-state index >= 15 is 0 Å². The highest BCUT2D eigenvalue weighted by Crippen LogP contribution is 2.22. The molecule has 0 saturated heterocycles. The molecule has 0 saturated carbocycles. The predicted molar refractivity (Wildman–Crippen MR) is 57.8 cm³/mol. The van der Waals surface area contributed by atoms with Crippen molar-refractivity contribution >= 4 is 23.2 Å². The fourth-order valence-electron chi connectivity index (χ4n) is 0.978. The van der Waals surface area contributed by atoms with Gasteiger partial charge in [0, 0.05) is 18.0 Å². The Hall–Kier alpha value is -1.26. The highest BCUT2D eigenvalue weighted by Gasteiger charge is 2.10. The molecule has 0 aliphatic carbocycles. The Morgan fingerprint density at radius 2 is 1.47 bits per heavy atom.